The van der Waals surface area contributed by atoms with Crippen LogP contribution in [0.5, 0.6) is 0 Å². The molecule has 0 radical (unpaired) electrons. The largest absolute Gasteiger partial charge is 0.398 e. The predicted octanol–water partition coefficient (Wildman–Crippen LogP) is 3.47. The second-order valence-electron chi connectivity index (χ2n) is 3.32. The first-order chi connectivity index (χ1) is 7.65. The average Bonchev–Trinajstić information content (AvgIpc) is 2.66. The predicted molar refractivity (Wildman–Crippen MR) is 67.2 cm³/mol. The van der Waals surface area contributed by atoms with Gasteiger partial charge >= 0.3 is 0 Å². The number of hydrogen-bond donors (Lipinski definition) is 1. The molecule has 0 aliphatic rings. The molecule has 2 N–H and O–H groups in total. The van der Waals surface area contributed by atoms with Gasteiger partial charge in [-0.15, -0.1) is 23.1 Å². The number of thiazole rings is 1. The van der Waals surface area contributed by atoms with Gasteiger partial charge in [-0.05, 0) is 25.1 Å². The maximum atomic E-state index is 13.0. The van der Waals surface area contributed by atoms with E-state index in [2.05, 4.69) is 4.98 Å². The molecule has 16 heavy (non-hydrogen) atoms. The number of nitrogen functional groups attached to an aromatic ring is 1. The first kappa shape index (κ1) is 11.4. The minimum Gasteiger partial charge on any atom is -0.398 e. The van der Waals surface area contributed by atoms with Gasteiger partial charge in [0, 0.05) is 27.4 Å². The van der Waals surface area contributed by atoms with E-state index in [4.69, 9.17) is 5.73 Å². The van der Waals surface area contributed by atoms with E-state index < -0.39 is 0 Å². The Morgan fingerprint density at radius 1 is 1.50 bits per heavy atom. The van der Waals surface area contributed by atoms with Crippen LogP contribution in [0.3, 0.4) is 0 Å². The smallest absolute Gasteiger partial charge is 0.124 e. The van der Waals surface area contributed by atoms with Crippen molar-refractivity contribution in [2.24, 2.45) is 0 Å². The summed E-state index contributed by atoms with van der Waals surface area (Å²) < 4.78 is 13.0. The maximum absolute atomic E-state index is 13.0. The molecule has 0 bridgehead atoms. The van der Waals surface area contributed by atoms with Gasteiger partial charge in [0.05, 0.1) is 5.01 Å². The van der Waals surface area contributed by atoms with E-state index >= 15 is 0 Å². The number of rotatable bonds is 3. The van der Waals surface area contributed by atoms with Crippen LogP contribution in [0.2, 0.25) is 0 Å². The van der Waals surface area contributed by atoms with Gasteiger partial charge in [0.1, 0.15) is 5.82 Å². The van der Waals surface area contributed by atoms with E-state index in [9.17, 15) is 4.39 Å². The number of thioether (sulfide) groups is 1. The van der Waals surface area contributed by atoms with Crippen LogP contribution in [0.1, 0.15) is 9.88 Å². The third-order valence-electron chi connectivity index (χ3n) is 2.01. The Hall–Kier alpha value is -1.07. The van der Waals surface area contributed by atoms with Gasteiger partial charge in [-0.25, -0.2) is 9.37 Å². The second-order valence-corrected chi connectivity index (χ2v) is 5.65. The fourth-order valence-corrected chi connectivity index (χ4v) is 3.06. The number of nitrogens with two attached hydrogens (primary N) is 1. The summed E-state index contributed by atoms with van der Waals surface area (Å²) >= 11 is 3.18. The van der Waals surface area contributed by atoms with Gasteiger partial charge in [-0.1, -0.05) is 0 Å². The Balaban J connectivity index is 2.07. The standard InChI is InChI=1S/C11H11FN2S2/c1-7-14-5-9(16-7)6-15-11-4-8(12)2-3-10(11)13/h2-5H,6,13H2,1H3. The van der Waals surface area contributed by atoms with E-state index in [0.29, 0.717) is 5.69 Å². The van der Waals surface area contributed by atoms with Crippen molar-refractivity contribution in [1.29, 1.82) is 0 Å². The first-order valence-corrected chi connectivity index (χ1v) is 6.54. The quantitative estimate of drug-likeness (QED) is 0.673. The molecular formula is C11H11FN2S2. The molecule has 0 saturated heterocycles. The Morgan fingerprint density at radius 3 is 3.00 bits per heavy atom. The summed E-state index contributed by atoms with van der Waals surface area (Å²) in [7, 11) is 0. The monoisotopic (exact) mass is 254 g/mol. The fraction of sp³-hybridized carbons (Fsp3) is 0.182. The van der Waals surface area contributed by atoms with Crippen LogP contribution in [-0.2, 0) is 5.75 Å². The molecular weight excluding hydrogens is 243 g/mol. The van der Waals surface area contributed by atoms with Crippen LogP contribution in [0.4, 0.5) is 10.1 Å². The summed E-state index contributed by atoms with van der Waals surface area (Å²) in [4.78, 5) is 6.12. The Labute approximate surface area is 102 Å². The molecule has 1 aromatic carbocycles. The summed E-state index contributed by atoms with van der Waals surface area (Å²) in [5.74, 6) is 0.524. The Morgan fingerprint density at radius 2 is 2.31 bits per heavy atom. The molecule has 0 spiro atoms. The van der Waals surface area contributed by atoms with Crippen molar-refractivity contribution in [1.82, 2.24) is 4.98 Å². The lowest BCUT2D eigenvalue weighted by atomic mass is 10.3. The number of hydrogen-bond acceptors (Lipinski definition) is 4. The maximum Gasteiger partial charge on any atom is 0.124 e. The van der Waals surface area contributed by atoms with Gasteiger partial charge in [-0.2, -0.15) is 0 Å². The number of nitrogens with zero attached hydrogens (tertiary/aromatic N) is 1. The summed E-state index contributed by atoms with van der Waals surface area (Å²) in [6.45, 7) is 1.97. The minimum absolute atomic E-state index is 0.253. The summed E-state index contributed by atoms with van der Waals surface area (Å²) in [6.07, 6.45) is 1.85. The molecule has 84 valence electrons. The van der Waals surface area contributed by atoms with Gasteiger partial charge in [0.15, 0.2) is 0 Å². The zero-order chi connectivity index (χ0) is 11.5. The van der Waals surface area contributed by atoms with Crippen molar-refractivity contribution in [3.05, 3.63) is 40.1 Å². The molecule has 0 amide bonds. The molecule has 2 nitrogen and oxygen atoms in total. The molecule has 0 fully saturated rings. The van der Waals surface area contributed by atoms with Gasteiger partial charge in [0.25, 0.3) is 0 Å². The number of benzene rings is 1. The normalized spacial score (nSPS) is 10.6. The molecule has 0 aliphatic heterocycles. The van der Waals surface area contributed by atoms with Crippen molar-refractivity contribution < 1.29 is 4.39 Å². The molecule has 0 atom stereocenters. The lowest BCUT2D eigenvalue weighted by Gasteiger charge is -2.03. The summed E-state index contributed by atoms with van der Waals surface area (Å²) in [5.41, 5.74) is 6.38. The Kier molecular flexibility index (Phi) is 3.46. The van der Waals surface area contributed by atoms with Crippen LogP contribution in [0.25, 0.3) is 0 Å². The molecule has 1 aromatic heterocycles. The zero-order valence-electron chi connectivity index (χ0n) is 8.74. The van der Waals surface area contributed by atoms with Crippen LogP contribution in [0.15, 0.2) is 29.3 Å². The second kappa shape index (κ2) is 4.84. The van der Waals surface area contributed by atoms with Crippen molar-refractivity contribution in [3.8, 4) is 0 Å². The average molecular weight is 254 g/mol. The van der Waals surface area contributed by atoms with E-state index in [1.165, 1.54) is 28.8 Å². The van der Waals surface area contributed by atoms with E-state index in [-0.39, 0.29) is 5.82 Å². The van der Waals surface area contributed by atoms with Crippen molar-refractivity contribution in [3.63, 3.8) is 0 Å². The highest BCUT2D eigenvalue weighted by Gasteiger charge is 2.04. The molecule has 5 heteroatoms. The molecule has 0 saturated carbocycles. The molecule has 2 rings (SSSR count). The highest BCUT2D eigenvalue weighted by Crippen LogP contribution is 2.30. The van der Waals surface area contributed by atoms with Gasteiger partial charge in [0.2, 0.25) is 0 Å². The van der Waals surface area contributed by atoms with E-state index in [0.717, 1.165) is 15.7 Å². The first-order valence-electron chi connectivity index (χ1n) is 4.74. The van der Waals surface area contributed by atoms with Gasteiger partial charge in [-0.3, -0.25) is 0 Å². The molecule has 1 heterocycles. The summed E-state index contributed by atoms with van der Waals surface area (Å²) in [5, 5.41) is 1.04. The number of aromatic nitrogens is 1. The van der Waals surface area contributed by atoms with Gasteiger partial charge < -0.3 is 5.73 Å². The van der Waals surface area contributed by atoms with Crippen LogP contribution in [0, 0.1) is 12.7 Å². The fourth-order valence-electron chi connectivity index (χ4n) is 1.25. The highest BCUT2D eigenvalue weighted by atomic mass is 32.2. The van der Waals surface area contributed by atoms with Crippen LogP contribution in [-0.4, -0.2) is 4.98 Å². The molecule has 2 aromatic rings. The van der Waals surface area contributed by atoms with Crippen molar-refractivity contribution >= 4 is 28.8 Å². The summed E-state index contributed by atoms with van der Waals surface area (Å²) in [6, 6.07) is 4.43. The Bertz CT molecular complexity index is 496. The highest BCUT2D eigenvalue weighted by molar-refractivity contribution is 7.98. The third-order valence-corrected chi connectivity index (χ3v) is 4.23. The molecule has 0 unspecified atom stereocenters. The van der Waals surface area contributed by atoms with E-state index in [1.54, 1.807) is 17.4 Å². The number of halogens is 1. The van der Waals surface area contributed by atoms with E-state index in [1.807, 2.05) is 13.1 Å². The molecule has 0 aliphatic carbocycles. The van der Waals surface area contributed by atoms with Crippen molar-refractivity contribution in [2.45, 2.75) is 17.6 Å². The zero-order valence-corrected chi connectivity index (χ0v) is 10.4. The van der Waals surface area contributed by atoms with Crippen molar-refractivity contribution in [2.75, 3.05) is 5.73 Å². The lowest BCUT2D eigenvalue weighted by molar-refractivity contribution is 0.624. The minimum atomic E-state index is -0.253. The third kappa shape index (κ3) is 2.74. The van der Waals surface area contributed by atoms with Crippen LogP contribution >= 0.6 is 23.1 Å². The number of aryl methyl sites for hydroxylation is 1. The topological polar surface area (TPSA) is 38.9 Å². The SMILES string of the molecule is Cc1ncc(CSc2cc(F)ccc2N)s1. The van der Waals surface area contributed by atoms with Crippen LogP contribution < -0.4 is 5.73 Å². The number of anilines is 1. The lowest BCUT2D eigenvalue weighted by Crippen LogP contribution is -1.89.